The van der Waals surface area contributed by atoms with Crippen molar-refractivity contribution in [3.63, 3.8) is 0 Å². The zero-order valence-electron chi connectivity index (χ0n) is 5.06. The molecule has 1 radical (unpaired) electrons. The summed E-state index contributed by atoms with van der Waals surface area (Å²) in [5.74, 6) is 0. The molecule has 0 amide bonds. The van der Waals surface area contributed by atoms with Gasteiger partial charge in [-0.1, -0.05) is 12.2 Å². The normalized spacial score (nSPS) is 31.0. The minimum Gasteiger partial charge on any atom is -0.0885 e. The summed E-state index contributed by atoms with van der Waals surface area (Å²) in [5, 5.41) is 0. The third kappa shape index (κ3) is 0.594. The number of hydrogen-bond donors (Lipinski definition) is 0. The summed E-state index contributed by atoms with van der Waals surface area (Å²) in [5.41, 5.74) is 0.717. The van der Waals surface area contributed by atoms with Crippen molar-refractivity contribution in [1.82, 2.24) is 0 Å². The largest absolute Gasteiger partial charge is 0.0885 e. The third-order valence-electron chi connectivity index (χ3n) is 2.28. The fourth-order valence-corrected chi connectivity index (χ4v) is 1.42. The van der Waals surface area contributed by atoms with Crippen LogP contribution in [0.5, 0.6) is 0 Å². The molecule has 0 aliphatic heterocycles. The molecular formula is C8H11. The van der Waals surface area contributed by atoms with Crippen molar-refractivity contribution >= 4 is 0 Å². The molecule has 0 aromatic heterocycles. The molecule has 1 atom stereocenters. The molecule has 1 unspecified atom stereocenters. The Hall–Kier alpha value is -0.260. The second-order valence-electron chi connectivity index (χ2n) is 2.98. The molecule has 0 saturated heterocycles. The zero-order chi connectivity index (χ0) is 5.45. The van der Waals surface area contributed by atoms with E-state index in [1.807, 2.05) is 0 Å². The summed E-state index contributed by atoms with van der Waals surface area (Å²) in [4.78, 5) is 0. The van der Waals surface area contributed by atoms with E-state index < -0.39 is 0 Å². The predicted octanol–water partition coefficient (Wildman–Crippen LogP) is 2.32. The van der Waals surface area contributed by atoms with Crippen LogP contribution in [-0.2, 0) is 0 Å². The van der Waals surface area contributed by atoms with Gasteiger partial charge in [-0.15, -0.1) is 0 Å². The first kappa shape index (κ1) is 4.60. The average Bonchev–Trinajstić information content (AvgIpc) is 2.52. The highest BCUT2D eigenvalue weighted by atomic mass is 14.5. The Labute approximate surface area is 50.6 Å². The van der Waals surface area contributed by atoms with Gasteiger partial charge in [0.2, 0.25) is 0 Å². The summed E-state index contributed by atoms with van der Waals surface area (Å²) >= 11 is 0. The fourth-order valence-electron chi connectivity index (χ4n) is 1.42. The number of hydrogen-bond acceptors (Lipinski definition) is 0. The monoisotopic (exact) mass is 107 g/mol. The van der Waals surface area contributed by atoms with Crippen LogP contribution >= 0.6 is 0 Å². The molecule has 0 aromatic rings. The maximum Gasteiger partial charge on any atom is -0.0226 e. The highest BCUT2D eigenvalue weighted by molar-refractivity contribution is 5.16. The molecule has 0 aromatic carbocycles. The summed E-state index contributed by atoms with van der Waals surface area (Å²) in [6, 6.07) is 0. The Morgan fingerprint density at radius 1 is 1.12 bits per heavy atom. The van der Waals surface area contributed by atoms with Crippen LogP contribution in [0.3, 0.4) is 0 Å². The molecule has 2 rings (SSSR count). The second-order valence-corrected chi connectivity index (χ2v) is 2.98. The van der Waals surface area contributed by atoms with Gasteiger partial charge in [0.15, 0.2) is 0 Å². The van der Waals surface area contributed by atoms with Gasteiger partial charge < -0.3 is 0 Å². The lowest BCUT2D eigenvalue weighted by Crippen LogP contribution is -2.00. The van der Waals surface area contributed by atoms with Crippen LogP contribution < -0.4 is 0 Å². The summed E-state index contributed by atoms with van der Waals surface area (Å²) in [7, 11) is 0. The van der Waals surface area contributed by atoms with E-state index >= 15 is 0 Å². The lowest BCUT2D eigenvalue weighted by molar-refractivity contribution is 0.483. The Balaban J connectivity index is 2.08. The quantitative estimate of drug-likeness (QED) is 0.417. The molecule has 0 heteroatoms. The van der Waals surface area contributed by atoms with Crippen LogP contribution in [-0.4, -0.2) is 0 Å². The van der Waals surface area contributed by atoms with Crippen molar-refractivity contribution in [3.8, 4) is 0 Å². The van der Waals surface area contributed by atoms with Gasteiger partial charge in [-0.05, 0) is 37.5 Å². The molecule has 1 saturated carbocycles. The lowest BCUT2D eigenvalue weighted by atomic mass is 9.92. The number of rotatable bonds is 0. The van der Waals surface area contributed by atoms with Crippen molar-refractivity contribution in [2.75, 3.05) is 0 Å². The highest BCUT2D eigenvalue weighted by Gasteiger charge is 2.41. The standard InChI is InChI=1S/C8H11/c1-2-4-8(5-3-1)6-7-8/h1-2,6H,3-5,7H2. The van der Waals surface area contributed by atoms with E-state index in [4.69, 9.17) is 0 Å². The van der Waals surface area contributed by atoms with Crippen molar-refractivity contribution in [1.29, 1.82) is 0 Å². The molecule has 2 aliphatic carbocycles. The van der Waals surface area contributed by atoms with Crippen LogP contribution in [0.1, 0.15) is 25.7 Å². The van der Waals surface area contributed by atoms with E-state index in [-0.39, 0.29) is 0 Å². The Kier molecular flexibility index (Phi) is 0.787. The van der Waals surface area contributed by atoms with E-state index in [9.17, 15) is 0 Å². The van der Waals surface area contributed by atoms with Crippen molar-refractivity contribution < 1.29 is 0 Å². The molecule has 0 N–H and O–H groups in total. The van der Waals surface area contributed by atoms with Crippen molar-refractivity contribution in [2.24, 2.45) is 5.41 Å². The van der Waals surface area contributed by atoms with Gasteiger partial charge in [-0.3, -0.25) is 0 Å². The van der Waals surface area contributed by atoms with E-state index in [0.717, 1.165) is 5.41 Å². The van der Waals surface area contributed by atoms with Crippen molar-refractivity contribution in [3.05, 3.63) is 18.6 Å². The minimum absolute atomic E-state index is 0.717. The Morgan fingerprint density at radius 2 is 2.00 bits per heavy atom. The Bertz CT molecular complexity index is 118. The van der Waals surface area contributed by atoms with Crippen LogP contribution in [0.2, 0.25) is 0 Å². The first-order valence-corrected chi connectivity index (χ1v) is 3.41. The summed E-state index contributed by atoms with van der Waals surface area (Å²) < 4.78 is 0. The maximum atomic E-state index is 2.45. The van der Waals surface area contributed by atoms with Gasteiger partial charge in [0.1, 0.15) is 0 Å². The predicted molar refractivity (Wildman–Crippen MR) is 34.3 cm³/mol. The highest BCUT2D eigenvalue weighted by Crippen LogP contribution is 2.53. The topological polar surface area (TPSA) is 0 Å². The molecule has 43 valence electrons. The van der Waals surface area contributed by atoms with Gasteiger partial charge in [-0.25, -0.2) is 0 Å². The van der Waals surface area contributed by atoms with Crippen LogP contribution in [0.4, 0.5) is 0 Å². The molecule has 1 spiro atoms. The first-order chi connectivity index (χ1) is 3.91. The van der Waals surface area contributed by atoms with Crippen LogP contribution in [0.15, 0.2) is 12.2 Å². The number of allylic oxidation sites excluding steroid dienone is 2. The molecular weight excluding hydrogens is 96.1 g/mol. The SMILES string of the molecule is [CH]1CC12CC=CCC2. The second kappa shape index (κ2) is 1.37. The van der Waals surface area contributed by atoms with Gasteiger partial charge in [0, 0.05) is 0 Å². The van der Waals surface area contributed by atoms with Crippen molar-refractivity contribution in [2.45, 2.75) is 25.7 Å². The molecule has 0 bridgehead atoms. The van der Waals surface area contributed by atoms with E-state index in [1.54, 1.807) is 0 Å². The van der Waals surface area contributed by atoms with Gasteiger partial charge in [0.05, 0.1) is 0 Å². The third-order valence-corrected chi connectivity index (χ3v) is 2.28. The van der Waals surface area contributed by atoms with Crippen LogP contribution in [0, 0.1) is 11.8 Å². The molecule has 1 fully saturated rings. The van der Waals surface area contributed by atoms with Gasteiger partial charge in [0.25, 0.3) is 0 Å². The van der Waals surface area contributed by atoms with Gasteiger partial charge >= 0.3 is 0 Å². The molecule has 2 aliphatic rings. The van der Waals surface area contributed by atoms with Crippen LogP contribution in [0.25, 0.3) is 0 Å². The molecule has 0 nitrogen and oxygen atoms in total. The summed E-state index contributed by atoms with van der Waals surface area (Å²) in [6.07, 6.45) is 12.5. The molecule has 0 heterocycles. The minimum atomic E-state index is 0.717. The fraction of sp³-hybridized carbons (Fsp3) is 0.625. The lowest BCUT2D eigenvalue weighted by Gasteiger charge is -2.13. The average molecular weight is 107 g/mol. The van der Waals surface area contributed by atoms with Gasteiger partial charge in [-0.2, -0.15) is 0 Å². The first-order valence-electron chi connectivity index (χ1n) is 3.41. The zero-order valence-corrected chi connectivity index (χ0v) is 5.06. The molecule has 8 heavy (non-hydrogen) atoms. The van der Waals surface area contributed by atoms with E-state index in [0.29, 0.717) is 0 Å². The Morgan fingerprint density at radius 3 is 2.38 bits per heavy atom. The smallest absolute Gasteiger partial charge is 0.0226 e. The summed E-state index contributed by atoms with van der Waals surface area (Å²) in [6.45, 7) is 0. The van der Waals surface area contributed by atoms with E-state index in [2.05, 4.69) is 18.6 Å². The van der Waals surface area contributed by atoms with E-state index in [1.165, 1.54) is 25.7 Å². The maximum absolute atomic E-state index is 2.45.